The Bertz CT molecular complexity index is 833. The minimum Gasteiger partial charge on any atom is -0.475 e. The fraction of sp³-hybridized carbons (Fsp3) is 0.455. The summed E-state index contributed by atoms with van der Waals surface area (Å²) in [5.74, 6) is 1.39. The van der Waals surface area contributed by atoms with Crippen LogP contribution in [0.4, 0.5) is 5.69 Å². The highest BCUT2D eigenvalue weighted by Crippen LogP contribution is 2.23. The first-order valence-electron chi connectivity index (χ1n) is 10.3. The summed E-state index contributed by atoms with van der Waals surface area (Å²) in [6.45, 7) is 6.21. The molecule has 0 amide bonds. The predicted octanol–water partition coefficient (Wildman–Crippen LogP) is 3.09. The molecule has 0 aliphatic carbocycles. The molecule has 1 saturated heterocycles. The molecular weight excluding hydrogens is 402 g/mol. The number of ether oxygens (including phenoxy) is 2. The van der Waals surface area contributed by atoms with Crippen molar-refractivity contribution < 1.29 is 9.47 Å². The van der Waals surface area contributed by atoms with Crippen LogP contribution in [0.2, 0.25) is 5.02 Å². The lowest BCUT2D eigenvalue weighted by molar-refractivity contribution is 0.143. The molecule has 1 aliphatic heterocycles. The number of hydrogen-bond acceptors (Lipinski definition) is 5. The summed E-state index contributed by atoms with van der Waals surface area (Å²) in [7, 11) is 1.65. The molecule has 0 radical (unpaired) electrons. The van der Waals surface area contributed by atoms with Gasteiger partial charge in [-0.05, 0) is 37.6 Å². The van der Waals surface area contributed by atoms with Crippen LogP contribution in [-0.2, 0) is 11.3 Å². The molecule has 2 N–H and O–H groups in total. The summed E-state index contributed by atoms with van der Waals surface area (Å²) >= 11 is 6.14. The average Bonchev–Trinajstić information content (AvgIpc) is 3.22. The maximum absolute atomic E-state index is 6.14. The highest BCUT2D eigenvalue weighted by Gasteiger charge is 2.23. The van der Waals surface area contributed by atoms with Gasteiger partial charge in [0, 0.05) is 55.3 Å². The first-order valence-corrected chi connectivity index (χ1v) is 10.7. The number of halogens is 1. The molecule has 0 bridgehead atoms. The van der Waals surface area contributed by atoms with Gasteiger partial charge in [-0.25, -0.2) is 9.98 Å². The second kappa shape index (κ2) is 11.6. The number of hydrogen-bond donors (Lipinski definition) is 2. The zero-order valence-electron chi connectivity index (χ0n) is 17.6. The molecular formula is C22H30ClN5O2. The molecule has 1 unspecified atom stereocenters. The molecule has 1 atom stereocenters. The molecule has 1 fully saturated rings. The first-order chi connectivity index (χ1) is 14.7. The maximum atomic E-state index is 6.14. The summed E-state index contributed by atoms with van der Waals surface area (Å²) in [6.07, 6.45) is 2.76. The smallest absolute Gasteiger partial charge is 0.218 e. The molecule has 0 spiro atoms. The van der Waals surface area contributed by atoms with E-state index >= 15 is 0 Å². The molecule has 1 aromatic carbocycles. The predicted molar refractivity (Wildman–Crippen MR) is 122 cm³/mol. The monoisotopic (exact) mass is 431 g/mol. The largest absolute Gasteiger partial charge is 0.475 e. The SMILES string of the molecule is CCNC(=NCc1cccnc1OCCOC)NC1CCN(c2cccc(Cl)c2)C1. The Morgan fingerprint density at radius 3 is 3.00 bits per heavy atom. The van der Waals surface area contributed by atoms with Gasteiger partial charge in [0.1, 0.15) is 6.61 Å². The van der Waals surface area contributed by atoms with Gasteiger partial charge < -0.3 is 25.0 Å². The van der Waals surface area contributed by atoms with Crippen molar-refractivity contribution in [2.24, 2.45) is 4.99 Å². The van der Waals surface area contributed by atoms with Crippen molar-refractivity contribution in [3.05, 3.63) is 53.2 Å². The van der Waals surface area contributed by atoms with E-state index in [1.54, 1.807) is 13.3 Å². The third kappa shape index (κ3) is 6.50. The number of pyridine rings is 1. The summed E-state index contributed by atoms with van der Waals surface area (Å²) in [4.78, 5) is 11.4. The zero-order valence-corrected chi connectivity index (χ0v) is 18.4. The number of rotatable bonds is 9. The van der Waals surface area contributed by atoms with E-state index in [9.17, 15) is 0 Å². The summed E-state index contributed by atoms with van der Waals surface area (Å²) in [5, 5.41) is 7.65. The van der Waals surface area contributed by atoms with Crippen LogP contribution in [0.3, 0.4) is 0 Å². The maximum Gasteiger partial charge on any atom is 0.218 e. The minimum atomic E-state index is 0.313. The average molecular weight is 432 g/mol. The normalized spacial score (nSPS) is 16.6. The van der Waals surface area contributed by atoms with Gasteiger partial charge in [0.25, 0.3) is 0 Å². The molecule has 3 rings (SSSR count). The van der Waals surface area contributed by atoms with Gasteiger partial charge in [0.15, 0.2) is 5.96 Å². The zero-order chi connectivity index (χ0) is 21.2. The van der Waals surface area contributed by atoms with Crippen LogP contribution in [0.15, 0.2) is 47.6 Å². The van der Waals surface area contributed by atoms with E-state index in [-0.39, 0.29) is 0 Å². The van der Waals surface area contributed by atoms with Crippen molar-refractivity contribution in [2.45, 2.75) is 25.9 Å². The Balaban J connectivity index is 1.60. The Morgan fingerprint density at radius 1 is 1.30 bits per heavy atom. The number of aliphatic imine (C=N–C) groups is 1. The number of nitrogens with one attached hydrogen (secondary N) is 2. The lowest BCUT2D eigenvalue weighted by atomic mass is 10.2. The number of methoxy groups -OCH3 is 1. The summed E-state index contributed by atoms with van der Waals surface area (Å²) in [6, 6.07) is 12.2. The fourth-order valence-electron chi connectivity index (χ4n) is 3.36. The fourth-order valence-corrected chi connectivity index (χ4v) is 3.54. The number of nitrogens with zero attached hydrogens (tertiary/aromatic N) is 3. The Kier molecular flexibility index (Phi) is 8.59. The Hall–Kier alpha value is -2.51. The number of anilines is 1. The molecule has 1 aromatic heterocycles. The van der Waals surface area contributed by atoms with Crippen LogP contribution in [0.5, 0.6) is 5.88 Å². The third-order valence-electron chi connectivity index (χ3n) is 4.83. The molecule has 7 nitrogen and oxygen atoms in total. The standard InChI is InChI=1S/C22H30ClN5O2/c1-3-24-22(26-15-17-6-5-10-25-21(17)30-13-12-29-2)27-19-9-11-28(16-19)20-8-4-7-18(23)14-20/h4-8,10,14,19H,3,9,11-13,15-16H2,1-2H3,(H2,24,26,27). The Labute approximate surface area is 183 Å². The minimum absolute atomic E-state index is 0.313. The van der Waals surface area contributed by atoms with Crippen molar-refractivity contribution in [2.75, 3.05) is 44.9 Å². The van der Waals surface area contributed by atoms with E-state index in [0.717, 1.165) is 48.3 Å². The molecule has 1 aliphatic rings. The molecule has 2 aromatic rings. The van der Waals surface area contributed by atoms with E-state index < -0.39 is 0 Å². The van der Waals surface area contributed by atoms with E-state index in [1.165, 1.54) is 0 Å². The van der Waals surface area contributed by atoms with Gasteiger partial charge in [0.05, 0.1) is 13.2 Å². The second-order valence-electron chi connectivity index (χ2n) is 7.06. The van der Waals surface area contributed by atoms with Gasteiger partial charge in [-0.3, -0.25) is 0 Å². The number of benzene rings is 1. The van der Waals surface area contributed by atoms with Crippen LogP contribution in [0.1, 0.15) is 18.9 Å². The molecule has 2 heterocycles. The van der Waals surface area contributed by atoms with E-state index in [4.69, 9.17) is 26.1 Å². The molecule has 0 saturated carbocycles. The lowest BCUT2D eigenvalue weighted by Gasteiger charge is -2.20. The van der Waals surface area contributed by atoms with Crippen molar-refractivity contribution in [1.82, 2.24) is 15.6 Å². The van der Waals surface area contributed by atoms with Crippen LogP contribution in [0, 0.1) is 0 Å². The first kappa shape index (κ1) is 22.2. The van der Waals surface area contributed by atoms with Crippen molar-refractivity contribution >= 4 is 23.2 Å². The van der Waals surface area contributed by atoms with E-state index in [1.807, 2.05) is 30.3 Å². The molecule has 30 heavy (non-hydrogen) atoms. The van der Waals surface area contributed by atoms with Crippen LogP contribution in [0.25, 0.3) is 0 Å². The van der Waals surface area contributed by atoms with E-state index in [0.29, 0.717) is 31.7 Å². The van der Waals surface area contributed by atoms with Gasteiger partial charge in [-0.1, -0.05) is 23.7 Å². The van der Waals surface area contributed by atoms with Crippen molar-refractivity contribution in [3.63, 3.8) is 0 Å². The van der Waals surface area contributed by atoms with Crippen LogP contribution in [-0.4, -0.2) is 56.9 Å². The van der Waals surface area contributed by atoms with Crippen molar-refractivity contribution in [3.8, 4) is 5.88 Å². The molecule has 8 heteroatoms. The van der Waals surface area contributed by atoms with Crippen LogP contribution < -0.4 is 20.3 Å². The topological polar surface area (TPSA) is 71.0 Å². The third-order valence-corrected chi connectivity index (χ3v) is 5.07. The van der Waals surface area contributed by atoms with Gasteiger partial charge in [-0.15, -0.1) is 0 Å². The second-order valence-corrected chi connectivity index (χ2v) is 7.50. The van der Waals surface area contributed by atoms with Gasteiger partial charge >= 0.3 is 0 Å². The van der Waals surface area contributed by atoms with Gasteiger partial charge in [0.2, 0.25) is 5.88 Å². The van der Waals surface area contributed by atoms with E-state index in [2.05, 4.69) is 33.5 Å². The summed E-state index contributed by atoms with van der Waals surface area (Å²) < 4.78 is 10.8. The Morgan fingerprint density at radius 2 is 2.20 bits per heavy atom. The highest BCUT2D eigenvalue weighted by molar-refractivity contribution is 6.30. The number of guanidine groups is 1. The highest BCUT2D eigenvalue weighted by atomic mass is 35.5. The molecule has 162 valence electrons. The quantitative estimate of drug-likeness (QED) is 0.361. The van der Waals surface area contributed by atoms with Gasteiger partial charge in [-0.2, -0.15) is 0 Å². The van der Waals surface area contributed by atoms with Crippen LogP contribution >= 0.6 is 11.6 Å². The summed E-state index contributed by atoms with van der Waals surface area (Å²) in [5.41, 5.74) is 2.10. The van der Waals surface area contributed by atoms with Crippen molar-refractivity contribution in [1.29, 1.82) is 0 Å². The number of aromatic nitrogens is 1. The lowest BCUT2D eigenvalue weighted by Crippen LogP contribution is -2.44.